The van der Waals surface area contributed by atoms with Crippen LogP contribution in [0.1, 0.15) is 19.4 Å². The van der Waals surface area contributed by atoms with Crippen molar-refractivity contribution < 1.29 is 8.42 Å². The minimum atomic E-state index is -3.56. The van der Waals surface area contributed by atoms with Crippen LogP contribution < -0.4 is 15.8 Å². The smallest absolute Gasteiger partial charge is 0.241 e. The van der Waals surface area contributed by atoms with E-state index in [1.807, 2.05) is 26.8 Å². The van der Waals surface area contributed by atoms with Crippen LogP contribution in [0.25, 0.3) is 0 Å². The number of aryl methyl sites for hydroxylation is 1. The molecule has 118 valence electrons. The molecule has 1 aromatic carbocycles. The molecule has 21 heavy (non-hydrogen) atoms. The van der Waals surface area contributed by atoms with E-state index >= 15 is 0 Å². The lowest BCUT2D eigenvalue weighted by molar-refractivity contribution is 0.581. The number of halogens is 1. The predicted octanol–water partition coefficient (Wildman–Crippen LogP) is 1.35. The zero-order valence-electron chi connectivity index (χ0n) is 12.4. The Morgan fingerprint density at radius 3 is 2.71 bits per heavy atom. The normalized spacial score (nSPS) is 12.7. The third-order valence-corrected chi connectivity index (χ3v) is 4.95. The van der Waals surface area contributed by atoms with Crippen molar-refractivity contribution in [1.29, 1.82) is 0 Å². The fourth-order valence-corrected chi connectivity index (χ4v) is 3.66. The molecular weight excluding hydrogens is 356 g/mol. The molecule has 4 N–H and O–H groups in total. The number of hydrogen-bond acceptors (Lipinski definition) is 3. The molecule has 0 saturated carbocycles. The second-order valence-electron chi connectivity index (χ2n) is 4.90. The van der Waals surface area contributed by atoms with E-state index in [1.54, 1.807) is 12.1 Å². The summed E-state index contributed by atoms with van der Waals surface area (Å²) in [6.07, 6.45) is 0. The highest BCUT2D eigenvalue weighted by Crippen LogP contribution is 2.22. The molecule has 0 heterocycles. The Labute approximate surface area is 134 Å². The van der Waals surface area contributed by atoms with E-state index in [-0.39, 0.29) is 24.0 Å². The number of hydrogen-bond donors (Lipinski definition) is 3. The summed E-state index contributed by atoms with van der Waals surface area (Å²) in [5.41, 5.74) is 6.51. The van der Waals surface area contributed by atoms with Gasteiger partial charge in [0.1, 0.15) is 0 Å². The molecule has 0 bridgehead atoms. The van der Waals surface area contributed by atoms with Gasteiger partial charge >= 0.3 is 0 Å². The van der Waals surface area contributed by atoms with Gasteiger partial charge in [-0.25, -0.2) is 13.1 Å². The molecule has 0 aliphatic heterocycles. The highest BCUT2D eigenvalue weighted by molar-refractivity contribution is 9.10. The minimum Gasteiger partial charge on any atom is -0.370 e. The van der Waals surface area contributed by atoms with Crippen molar-refractivity contribution in [3.63, 3.8) is 0 Å². The van der Waals surface area contributed by atoms with Crippen LogP contribution in [-0.4, -0.2) is 33.5 Å². The van der Waals surface area contributed by atoms with Crippen LogP contribution in [0.5, 0.6) is 0 Å². The lowest BCUT2D eigenvalue weighted by Gasteiger charge is -2.10. The largest absolute Gasteiger partial charge is 0.370 e. The first-order valence-electron chi connectivity index (χ1n) is 6.54. The molecule has 6 nitrogen and oxygen atoms in total. The lowest BCUT2D eigenvalue weighted by Crippen LogP contribution is -2.37. The number of nitrogens with zero attached hydrogens (tertiary/aromatic N) is 1. The zero-order chi connectivity index (χ0) is 16.0. The van der Waals surface area contributed by atoms with Crippen LogP contribution in [0.15, 0.2) is 32.6 Å². The van der Waals surface area contributed by atoms with Crippen molar-refractivity contribution in [2.75, 3.05) is 13.1 Å². The van der Waals surface area contributed by atoms with Gasteiger partial charge in [0.2, 0.25) is 10.0 Å². The topological polar surface area (TPSA) is 96.6 Å². The highest BCUT2D eigenvalue weighted by Gasteiger charge is 2.16. The van der Waals surface area contributed by atoms with E-state index < -0.39 is 10.0 Å². The summed E-state index contributed by atoms with van der Waals surface area (Å²) < 4.78 is 27.4. The maximum atomic E-state index is 12.2. The number of rotatable bonds is 6. The fraction of sp³-hybridized carbons (Fsp3) is 0.462. The first-order chi connectivity index (χ1) is 9.72. The lowest BCUT2D eigenvalue weighted by atomic mass is 10.2. The van der Waals surface area contributed by atoms with Crippen molar-refractivity contribution in [1.82, 2.24) is 10.0 Å². The second kappa shape index (κ2) is 7.77. The van der Waals surface area contributed by atoms with Gasteiger partial charge in [0.25, 0.3) is 0 Å². The molecule has 0 fully saturated rings. The Kier molecular flexibility index (Phi) is 6.63. The van der Waals surface area contributed by atoms with Crippen molar-refractivity contribution in [3.05, 3.63) is 28.2 Å². The van der Waals surface area contributed by atoms with Crippen LogP contribution in [0.3, 0.4) is 0 Å². The molecule has 1 rings (SSSR count). The van der Waals surface area contributed by atoms with E-state index in [9.17, 15) is 8.42 Å². The van der Waals surface area contributed by atoms with Crippen molar-refractivity contribution in [3.8, 4) is 0 Å². The molecule has 0 aliphatic carbocycles. The van der Waals surface area contributed by atoms with Gasteiger partial charge in [-0.2, -0.15) is 0 Å². The summed E-state index contributed by atoms with van der Waals surface area (Å²) in [5.74, 6) is 0.306. The average Bonchev–Trinajstić information content (AvgIpc) is 2.36. The van der Waals surface area contributed by atoms with Gasteiger partial charge in [-0.3, -0.25) is 4.99 Å². The van der Waals surface area contributed by atoms with Crippen molar-refractivity contribution in [2.45, 2.75) is 31.7 Å². The number of nitrogens with two attached hydrogens (primary N) is 1. The fourth-order valence-electron chi connectivity index (χ4n) is 1.59. The standard InChI is InChI=1S/C13H21BrN4O2S/c1-9(2)18-13(15)16-6-7-17-21(19,20)12-8-10(3)4-5-11(12)14/h4-5,8-9,17H,6-7H2,1-3H3,(H3,15,16,18). The van der Waals surface area contributed by atoms with Gasteiger partial charge in [-0.1, -0.05) is 6.07 Å². The van der Waals surface area contributed by atoms with Crippen molar-refractivity contribution >= 4 is 31.9 Å². The Morgan fingerprint density at radius 1 is 1.43 bits per heavy atom. The molecule has 1 aromatic rings. The summed E-state index contributed by atoms with van der Waals surface area (Å²) in [7, 11) is -3.56. The maximum absolute atomic E-state index is 12.2. The van der Waals surface area contributed by atoms with E-state index in [0.29, 0.717) is 10.4 Å². The van der Waals surface area contributed by atoms with E-state index in [4.69, 9.17) is 5.73 Å². The van der Waals surface area contributed by atoms with Gasteiger partial charge in [-0.15, -0.1) is 0 Å². The van der Waals surface area contributed by atoms with Crippen LogP contribution >= 0.6 is 15.9 Å². The molecule has 8 heteroatoms. The maximum Gasteiger partial charge on any atom is 0.241 e. The zero-order valence-corrected chi connectivity index (χ0v) is 14.8. The summed E-state index contributed by atoms with van der Waals surface area (Å²) in [5, 5.41) is 2.93. The molecule has 0 aromatic heterocycles. The van der Waals surface area contributed by atoms with Gasteiger partial charge in [0.15, 0.2) is 5.96 Å². The van der Waals surface area contributed by atoms with Crippen LogP contribution in [0.2, 0.25) is 0 Å². The Bertz CT molecular complexity index is 615. The molecule has 0 saturated heterocycles. The monoisotopic (exact) mass is 376 g/mol. The summed E-state index contributed by atoms with van der Waals surface area (Å²) in [6, 6.07) is 5.36. The molecule has 0 amide bonds. The first-order valence-corrected chi connectivity index (χ1v) is 8.82. The van der Waals surface area contributed by atoms with Gasteiger partial charge in [0.05, 0.1) is 11.4 Å². The first kappa shape index (κ1) is 17.9. The second-order valence-corrected chi connectivity index (χ2v) is 7.49. The van der Waals surface area contributed by atoms with Crippen LogP contribution in [0.4, 0.5) is 0 Å². The van der Waals surface area contributed by atoms with Crippen molar-refractivity contribution in [2.24, 2.45) is 10.7 Å². The van der Waals surface area contributed by atoms with Gasteiger partial charge in [-0.05, 0) is 54.4 Å². The molecular formula is C13H21BrN4O2S. The van der Waals surface area contributed by atoms with E-state index in [0.717, 1.165) is 5.56 Å². The minimum absolute atomic E-state index is 0.184. The molecule has 0 radical (unpaired) electrons. The quantitative estimate of drug-likeness (QED) is 0.396. The van der Waals surface area contributed by atoms with E-state index in [1.165, 1.54) is 0 Å². The SMILES string of the molecule is Cc1ccc(Br)c(S(=O)(=O)NCCN=C(N)NC(C)C)c1. The molecule has 0 aliphatic rings. The van der Waals surface area contributed by atoms with Gasteiger partial charge < -0.3 is 11.1 Å². The van der Waals surface area contributed by atoms with Crippen LogP contribution in [-0.2, 0) is 10.0 Å². The van der Waals surface area contributed by atoms with Gasteiger partial charge in [0, 0.05) is 17.1 Å². The molecule has 0 unspecified atom stereocenters. The molecule has 0 spiro atoms. The number of sulfonamides is 1. The Hall–Kier alpha value is -1.12. The number of nitrogens with one attached hydrogen (secondary N) is 2. The Balaban J connectivity index is 2.64. The van der Waals surface area contributed by atoms with Crippen LogP contribution in [0, 0.1) is 6.92 Å². The highest BCUT2D eigenvalue weighted by atomic mass is 79.9. The molecule has 0 atom stereocenters. The summed E-state index contributed by atoms with van der Waals surface area (Å²) in [6.45, 7) is 6.19. The third kappa shape index (κ3) is 6.03. The van der Waals surface area contributed by atoms with E-state index in [2.05, 4.69) is 31.0 Å². The Morgan fingerprint density at radius 2 is 2.10 bits per heavy atom. The number of benzene rings is 1. The predicted molar refractivity (Wildman–Crippen MR) is 88.8 cm³/mol. The number of guanidine groups is 1. The number of aliphatic imine (C=N–C) groups is 1. The third-order valence-electron chi connectivity index (χ3n) is 2.50. The summed E-state index contributed by atoms with van der Waals surface area (Å²) in [4.78, 5) is 4.27. The summed E-state index contributed by atoms with van der Waals surface area (Å²) >= 11 is 3.25. The average molecular weight is 377 g/mol.